The summed E-state index contributed by atoms with van der Waals surface area (Å²) in [6, 6.07) is 14.4. The Morgan fingerprint density at radius 3 is 2.31 bits per heavy atom. The van der Waals surface area contributed by atoms with E-state index in [1.165, 1.54) is 4.90 Å². The van der Waals surface area contributed by atoms with Gasteiger partial charge < -0.3 is 19.1 Å². The molecule has 1 heterocycles. The minimum absolute atomic E-state index is 0.261. The lowest BCUT2D eigenvalue weighted by Crippen LogP contribution is -2.53. The fraction of sp³-hybridized carbons (Fsp3) is 0.435. The van der Waals surface area contributed by atoms with Gasteiger partial charge in [0, 0.05) is 23.9 Å². The lowest BCUT2D eigenvalue weighted by atomic mass is 10.0. The van der Waals surface area contributed by atoms with Crippen molar-refractivity contribution in [3.8, 4) is 22.6 Å². The molecule has 0 atom stereocenters. The van der Waals surface area contributed by atoms with Crippen LogP contribution in [-0.2, 0) is 4.74 Å². The second-order valence-electron chi connectivity index (χ2n) is 8.16. The van der Waals surface area contributed by atoms with E-state index in [1.807, 2.05) is 39.0 Å². The van der Waals surface area contributed by atoms with E-state index in [9.17, 15) is 4.79 Å². The molecule has 156 valence electrons. The number of ether oxygens (including phenoxy) is 3. The van der Waals surface area contributed by atoms with Crippen molar-refractivity contribution in [3.63, 3.8) is 0 Å². The Balaban J connectivity index is 1.56. The van der Waals surface area contributed by atoms with Gasteiger partial charge in [-0.2, -0.15) is 0 Å². The van der Waals surface area contributed by atoms with Crippen LogP contribution in [0.5, 0.6) is 11.5 Å². The number of likely N-dealkylation sites (tertiary alicyclic amines) is 1. The largest absolute Gasteiger partial charge is 0.493 e. The summed E-state index contributed by atoms with van der Waals surface area (Å²) >= 11 is 1.73. The van der Waals surface area contributed by atoms with Crippen molar-refractivity contribution in [2.24, 2.45) is 5.92 Å². The van der Waals surface area contributed by atoms with E-state index in [2.05, 4.69) is 30.5 Å². The summed E-state index contributed by atoms with van der Waals surface area (Å²) < 4.78 is 16.9. The first kappa shape index (κ1) is 21.4. The summed E-state index contributed by atoms with van der Waals surface area (Å²) in [6.07, 6.45) is 1.81. The van der Waals surface area contributed by atoms with Gasteiger partial charge in [-0.25, -0.2) is 4.79 Å². The van der Waals surface area contributed by atoms with Crippen LogP contribution in [-0.4, -0.2) is 49.7 Å². The van der Waals surface area contributed by atoms with E-state index in [0.717, 1.165) is 11.1 Å². The Morgan fingerprint density at radius 1 is 1.07 bits per heavy atom. The summed E-state index contributed by atoms with van der Waals surface area (Å²) in [7, 11) is 1.65. The molecule has 3 rings (SSSR count). The van der Waals surface area contributed by atoms with Gasteiger partial charge in [-0.1, -0.05) is 18.2 Å². The highest BCUT2D eigenvalue weighted by atomic mass is 32.2. The number of carbonyl (C=O) groups excluding carboxylic acids is 1. The lowest BCUT2D eigenvalue weighted by molar-refractivity contribution is -0.00796. The molecule has 6 heteroatoms. The molecule has 0 N–H and O–H groups in total. The molecule has 2 aromatic carbocycles. The van der Waals surface area contributed by atoms with Crippen molar-refractivity contribution >= 4 is 17.9 Å². The van der Waals surface area contributed by atoms with Gasteiger partial charge >= 0.3 is 6.09 Å². The number of nitrogens with zero attached hydrogens (tertiary/aromatic N) is 1. The average Bonchev–Trinajstić information content (AvgIpc) is 2.65. The van der Waals surface area contributed by atoms with Crippen LogP contribution in [0.1, 0.15) is 20.8 Å². The first-order valence-electron chi connectivity index (χ1n) is 9.72. The molecule has 1 aliphatic rings. The van der Waals surface area contributed by atoms with E-state index >= 15 is 0 Å². The first-order chi connectivity index (χ1) is 13.8. The molecule has 0 saturated carbocycles. The molecule has 1 fully saturated rings. The van der Waals surface area contributed by atoms with Crippen LogP contribution in [0.25, 0.3) is 11.1 Å². The van der Waals surface area contributed by atoms with E-state index in [1.54, 1.807) is 23.8 Å². The molecule has 0 aliphatic carbocycles. The number of methoxy groups -OCH3 is 1. The van der Waals surface area contributed by atoms with Crippen LogP contribution >= 0.6 is 11.8 Å². The molecule has 2 aromatic rings. The summed E-state index contributed by atoms with van der Waals surface area (Å²) in [5.41, 5.74) is 1.75. The quantitative estimate of drug-likeness (QED) is 0.597. The van der Waals surface area contributed by atoms with Gasteiger partial charge in [0.15, 0.2) is 11.5 Å². The van der Waals surface area contributed by atoms with Crippen molar-refractivity contribution in [1.29, 1.82) is 0 Å². The Kier molecular flexibility index (Phi) is 6.63. The van der Waals surface area contributed by atoms with Gasteiger partial charge in [0.05, 0.1) is 13.7 Å². The van der Waals surface area contributed by atoms with Gasteiger partial charge in [0.25, 0.3) is 0 Å². The first-order valence-corrected chi connectivity index (χ1v) is 10.9. The van der Waals surface area contributed by atoms with Crippen LogP contribution in [0, 0.1) is 5.92 Å². The molecule has 0 radical (unpaired) electrons. The number of hydrogen-bond donors (Lipinski definition) is 0. The molecule has 5 nitrogen and oxygen atoms in total. The third kappa shape index (κ3) is 5.60. The zero-order valence-electron chi connectivity index (χ0n) is 17.7. The minimum atomic E-state index is -0.469. The van der Waals surface area contributed by atoms with E-state index in [-0.39, 0.29) is 6.09 Å². The van der Waals surface area contributed by atoms with Crippen molar-refractivity contribution < 1.29 is 19.0 Å². The fourth-order valence-corrected chi connectivity index (χ4v) is 3.52. The molecule has 1 amide bonds. The van der Waals surface area contributed by atoms with E-state index in [0.29, 0.717) is 37.1 Å². The Bertz CT molecular complexity index is 839. The molecule has 29 heavy (non-hydrogen) atoms. The summed E-state index contributed by atoms with van der Waals surface area (Å²) in [5.74, 6) is 1.72. The summed E-state index contributed by atoms with van der Waals surface area (Å²) in [4.78, 5) is 15.0. The van der Waals surface area contributed by atoms with Gasteiger partial charge in [0.1, 0.15) is 5.60 Å². The Labute approximate surface area is 177 Å². The van der Waals surface area contributed by atoms with E-state index < -0.39 is 5.60 Å². The molecule has 0 unspecified atom stereocenters. The SMILES string of the molecule is COc1cc(-c2ccc(SC)cc2)ccc1OCC1CN(C(=O)OC(C)(C)C)C1. The maximum absolute atomic E-state index is 12.0. The topological polar surface area (TPSA) is 48.0 Å². The third-order valence-corrected chi connectivity index (χ3v) is 5.41. The van der Waals surface area contributed by atoms with Crippen LogP contribution in [0.15, 0.2) is 47.4 Å². The summed E-state index contributed by atoms with van der Waals surface area (Å²) in [5, 5.41) is 0. The van der Waals surface area contributed by atoms with Gasteiger partial charge in [0.2, 0.25) is 0 Å². The van der Waals surface area contributed by atoms with Crippen LogP contribution in [0.2, 0.25) is 0 Å². The van der Waals surface area contributed by atoms with Crippen molar-refractivity contribution in [3.05, 3.63) is 42.5 Å². The standard InChI is InChI=1S/C23H29NO4S/c1-23(2,3)28-22(25)24-13-16(14-24)15-27-20-11-8-18(12-21(20)26-4)17-6-9-19(29-5)10-7-17/h6-12,16H,13-15H2,1-5H3. The van der Waals surface area contributed by atoms with Crippen LogP contribution in [0.4, 0.5) is 4.79 Å². The highest BCUT2D eigenvalue weighted by Gasteiger charge is 2.34. The van der Waals surface area contributed by atoms with Crippen molar-refractivity contribution in [2.75, 3.05) is 33.1 Å². The normalized spacial score (nSPS) is 14.3. The van der Waals surface area contributed by atoms with Crippen LogP contribution in [0.3, 0.4) is 0 Å². The molecular weight excluding hydrogens is 386 g/mol. The predicted octanol–water partition coefficient (Wildman–Crippen LogP) is 5.33. The maximum atomic E-state index is 12.0. The predicted molar refractivity (Wildman–Crippen MR) is 117 cm³/mol. The number of rotatable bonds is 6. The molecule has 1 aliphatic heterocycles. The van der Waals surface area contributed by atoms with Crippen molar-refractivity contribution in [2.45, 2.75) is 31.3 Å². The fourth-order valence-electron chi connectivity index (χ4n) is 3.11. The zero-order valence-corrected chi connectivity index (χ0v) is 18.5. The molecular formula is C23H29NO4S. The second kappa shape index (κ2) is 8.99. The molecule has 1 saturated heterocycles. The molecule has 0 spiro atoms. The highest BCUT2D eigenvalue weighted by Crippen LogP contribution is 2.34. The zero-order chi connectivity index (χ0) is 21.0. The highest BCUT2D eigenvalue weighted by molar-refractivity contribution is 7.98. The van der Waals surface area contributed by atoms with Crippen LogP contribution < -0.4 is 9.47 Å². The minimum Gasteiger partial charge on any atom is -0.493 e. The lowest BCUT2D eigenvalue weighted by Gasteiger charge is -2.39. The Hall–Kier alpha value is -2.34. The van der Waals surface area contributed by atoms with Gasteiger partial charge in [-0.05, 0) is 62.4 Å². The van der Waals surface area contributed by atoms with E-state index in [4.69, 9.17) is 14.2 Å². The number of thioether (sulfide) groups is 1. The Morgan fingerprint density at radius 2 is 1.72 bits per heavy atom. The maximum Gasteiger partial charge on any atom is 0.410 e. The molecule has 0 aromatic heterocycles. The van der Waals surface area contributed by atoms with Gasteiger partial charge in [-0.15, -0.1) is 11.8 Å². The monoisotopic (exact) mass is 415 g/mol. The second-order valence-corrected chi connectivity index (χ2v) is 9.04. The third-order valence-electron chi connectivity index (χ3n) is 4.67. The number of amides is 1. The number of benzene rings is 2. The summed E-state index contributed by atoms with van der Waals surface area (Å²) in [6.45, 7) is 7.46. The average molecular weight is 416 g/mol. The van der Waals surface area contributed by atoms with Gasteiger partial charge in [-0.3, -0.25) is 0 Å². The molecule has 0 bridgehead atoms. The van der Waals surface area contributed by atoms with Crippen molar-refractivity contribution in [1.82, 2.24) is 4.90 Å². The number of hydrogen-bond acceptors (Lipinski definition) is 5. The number of carbonyl (C=O) groups is 1. The smallest absolute Gasteiger partial charge is 0.410 e.